The largest absolute Gasteiger partial charge is 0.381 e. The molecule has 1 aliphatic rings. The summed E-state index contributed by atoms with van der Waals surface area (Å²) in [5.41, 5.74) is 5.58. The number of nitrogens with two attached hydrogens (primary N) is 1. The smallest absolute Gasteiger partial charge is 0.224 e. The zero-order valence-corrected chi connectivity index (χ0v) is 9.82. The highest BCUT2D eigenvalue weighted by Gasteiger charge is 2.32. The molecule has 0 saturated heterocycles. The molecule has 1 fully saturated rings. The Hall–Kier alpha value is -0.610. The Bertz CT molecular complexity index is 213. The molecule has 0 spiro atoms. The zero-order valence-electron chi connectivity index (χ0n) is 9.82. The summed E-state index contributed by atoms with van der Waals surface area (Å²) in [6.07, 6.45) is 2.18. The SMILES string of the molecule is COC1CC(NC(=O)C(CN)C(C)C)C1. The molecule has 0 bridgehead atoms. The molecule has 1 amide bonds. The Morgan fingerprint density at radius 1 is 1.53 bits per heavy atom. The number of methoxy groups -OCH3 is 1. The number of carbonyl (C=O) groups is 1. The van der Waals surface area contributed by atoms with E-state index in [2.05, 4.69) is 5.32 Å². The standard InChI is InChI=1S/C11H22N2O2/c1-7(2)10(6-12)11(14)13-8-4-9(5-8)15-3/h7-10H,4-6,12H2,1-3H3,(H,13,14). The van der Waals surface area contributed by atoms with Crippen LogP contribution in [0.5, 0.6) is 0 Å². The predicted molar refractivity (Wildman–Crippen MR) is 59.3 cm³/mol. The third kappa shape index (κ3) is 3.18. The molecule has 4 heteroatoms. The van der Waals surface area contributed by atoms with E-state index in [1.807, 2.05) is 13.8 Å². The molecule has 0 aromatic rings. The molecule has 0 aromatic carbocycles. The maximum atomic E-state index is 11.8. The first-order valence-electron chi connectivity index (χ1n) is 5.61. The summed E-state index contributed by atoms with van der Waals surface area (Å²) in [7, 11) is 1.71. The van der Waals surface area contributed by atoms with Crippen LogP contribution in [0.3, 0.4) is 0 Å². The summed E-state index contributed by atoms with van der Waals surface area (Å²) in [5.74, 6) is 0.326. The number of hydrogen-bond acceptors (Lipinski definition) is 3. The second kappa shape index (κ2) is 5.47. The lowest BCUT2D eigenvalue weighted by atomic mass is 9.87. The first kappa shape index (κ1) is 12.5. The van der Waals surface area contributed by atoms with Crippen molar-refractivity contribution in [1.82, 2.24) is 5.32 Å². The van der Waals surface area contributed by atoms with Gasteiger partial charge in [-0.05, 0) is 18.8 Å². The molecule has 0 heterocycles. The van der Waals surface area contributed by atoms with Gasteiger partial charge in [0.1, 0.15) is 0 Å². The minimum absolute atomic E-state index is 0.0633. The van der Waals surface area contributed by atoms with Gasteiger partial charge in [0, 0.05) is 19.7 Å². The number of rotatable bonds is 5. The molecule has 1 aliphatic carbocycles. The molecule has 0 aliphatic heterocycles. The minimum Gasteiger partial charge on any atom is -0.381 e. The number of ether oxygens (including phenoxy) is 1. The van der Waals surface area contributed by atoms with Crippen LogP contribution in [-0.4, -0.2) is 31.7 Å². The summed E-state index contributed by atoms with van der Waals surface area (Å²) in [6.45, 7) is 4.47. The van der Waals surface area contributed by atoms with Gasteiger partial charge in [-0.25, -0.2) is 0 Å². The van der Waals surface area contributed by atoms with Crippen molar-refractivity contribution in [3.05, 3.63) is 0 Å². The van der Waals surface area contributed by atoms with Crippen molar-refractivity contribution >= 4 is 5.91 Å². The average Bonchev–Trinajstić information content (AvgIpc) is 2.10. The van der Waals surface area contributed by atoms with E-state index in [4.69, 9.17) is 10.5 Å². The Balaban J connectivity index is 2.29. The van der Waals surface area contributed by atoms with Crippen LogP contribution in [0, 0.1) is 11.8 Å². The monoisotopic (exact) mass is 214 g/mol. The van der Waals surface area contributed by atoms with Crippen LogP contribution in [0.1, 0.15) is 26.7 Å². The Kier molecular flexibility index (Phi) is 4.54. The van der Waals surface area contributed by atoms with E-state index in [1.54, 1.807) is 7.11 Å². The average molecular weight is 214 g/mol. The van der Waals surface area contributed by atoms with Crippen molar-refractivity contribution in [2.24, 2.45) is 17.6 Å². The van der Waals surface area contributed by atoms with Gasteiger partial charge in [-0.2, -0.15) is 0 Å². The number of hydrogen-bond donors (Lipinski definition) is 2. The Labute approximate surface area is 91.5 Å². The molecule has 4 nitrogen and oxygen atoms in total. The molecular formula is C11H22N2O2. The van der Waals surface area contributed by atoms with Crippen LogP contribution in [0.15, 0.2) is 0 Å². The lowest BCUT2D eigenvalue weighted by Crippen LogP contribution is -2.50. The van der Waals surface area contributed by atoms with Crippen molar-refractivity contribution in [3.63, 3.8) is 0 Å². The van der Waals surface area contributed by atoms with E-state index in [1.165, 1.54) is 0 Å². The third-order valence-corrected chi connectivity index (χ3v) is 3.17. The highest BCUT2D eigenvalue weighted by atomic mass is 16.5. The van der Waals surface area contributed by atoms with Gasteiger partial charge >= 0.3 is 0 Å². The van der Waals surface area contributed by atoms with Crippen molar-refractivity contribution in [1.29, 1.82) is 0 Å². The van der Waals surface area contributed by atoms with E-state index in [-0.39, 0.29) is 17.9 Å². The van der Waals surface area contributed by atoms with E-state index in [0.717, 1.165) is 12.8 Å². The molecule has 1 rings (SSSR count). The third-order valence-electron chi connectivity index (χ3n) is 3.17. The van der Waals surface area contributed by atoms with Crippen LogP contribution in [-0.2, 0) is 9.53 Å². The second-order valence-corrected chi connectivity index (χ2v) is 4.62. The molecule has 0 aromatic heterocycles. The fourth-order valence-corrected chi connectivity index (χ4v) is 1.87. The van der Waals surface area contributed by atoms with E-state index in [9.17, 15) is 4.79 Å². The second-order valence-electron chi connectivity index (χ2n) is 4.62. The lowest BCUT2D eigenvalue weighted by molar-refractivity contribution is -0.128. The summed E-state index contributed by atoms with van der Waals surface area (Å²) in [5, 5.41) is 3.01. The highest BCUT2D eigenvalue weighted by molar-refractivity contribution is 5.79. The first-order valence-corrected chi connectivity index (χ1v) is 5.61. The Morgan fingerprint density at radius 3 is 2.53 bits per heavy atom. The van der Waals surface area contributed by atoms with Crippen LogP contribution >= 0.6 is 0 Å². The maximum absolute atomic E-state index is 11.8. The van der Waals surface area contributed by atoms with E-state index >= 15 is 0 Å². The summed E-state index contributed by atoms with van der Waals surface area (Å²) < 4.78 is 5.16. The van der Waals surface area contributed by atoms with Crippen LogP contribution in [0.4, 0.5) is 0 Å². The first-order chi connectivity index (χ1) is 7.08. The van der Waals surface area contributed by atoms with Crippen molar-refractivity contribution in [2.75, 3.05) is 13.7 Å². The predicted octanol–water partition coefficient (Wildman–Crippen LogP) is 0.511. The minimum atomic E-state index is -0.0633. The lowest BCUT2D eigenvalue weighted by Gasteiger charge is -2.35. The van der Waals surface area contributed by atoms with Crippen molar-refractivity contribution in [3.8, 4) is 0 Å². The molecule has 1 unspecified atom stereocenters. The van der Waals surface area contributed by atoms with Crippen LogP contribution < -0.4 is 11.1 Å². The van der Waals surface area contributed by atoms with Crippen LogP contribution in [0.25, 0.3) is 0 Å². The van der Waals surface area contributed by atoms with Gasteiger partial charge in [-0.15, -0.1) is 0 Å². The molecule has 0 radical (unpaired) electrons. The summed E-state index contributed by atoms with van der Waals surface area (Å²) in [4.78, 5) is 11.8. The highest BCUT2D eigenvalue weighted by Crippen LogP contribution is 2.23. The molecular weight excluding hydrogens is 192 g/mol. The molecule has 1 atom stereocenters. The van der Waals surface area contributed by atoms with E-state index < -0.39 is 0 Å². The molecule has 88 valence electrons. The van der Waals surface area contributed by atoms with Gasteiger partial charge in [0.05, 0.1) is 12.0 Å². The van der Waals surface area contributed by atoms with Gasteiger partial charge in [-0.1, -0.05) is 13.8 Å². The van der Waals surface area contributed by atoms with Crippen molar-refractivity contribution in [2.45, 2.75) is 38.8 Å². The fourth-order valence-electron chi connectivity index (χ4n) is 1.87. The summed E-state index contributed by atoms with van der Waals surface area (Å²) >= 11 is 0. The Morgan fingerprint density at radius 2 is 2.13 bits per heavy atom. The van der Waals surface area contributed by atoms with Crippen LogP contribution in [0.2, 0.25) is 0 Å². The quantitative estimate of drug-likeness (QED) is 0.701. The van der Waals surface area contributed by atoms with Gasteiger partial charge in [-0.3, -0.25) is 4.79 Å². The van der Waals surface area contributed by atoms with Gasteiger partial charge in [0.15, 0.2) is 0 Å². The van der Waals surface area contributed by atoms with Crippen molar-refractivity contribution < 1.29 is 9.53 Å². The van der Waals surface area contributed by atoms with Gasteiger partial charge < -0.3 is 15.8 Å². The van der Waals surface area contributed by atoms with E-state index in [0.29, 0.717) is 18.6 Å². The number of amides is 1. The molecule has 3 N–H and O–H groups in total. The molecule has 1 saturated carbocycles. The summed E-state index contributed by atoms with van der Waals surface area (Å²) in [6, 6.07) is 0.287. The normalized spacial score (nSPS) is 27.3. The number of nitrogens with one attached hydrogen (secondary N) is 1. The molecule has 15 heavy (non-hydrogen) atoms. The zero-order chi connectivity index (χ0) is 11.4. The maximum Gasteiger partial charge on any atom is 0.224 e. The van der Waals surface area contributed by atoms with Gasteiger partial charge in [0.2, 0.25) is 5.91 Å². The topological polar surface area (TPSA) is 64.3 Å². The van der Waals surface area contributed by atoms with Gasteiger partial charge in [0.25, 0.3) is 0 Å². The number of carbonyl (C=O) groups excluding carboxylic acids is 1. The fraction of sp³-hybridized carbons (Fsp3) is 0.909.